The van der Waals surface area contributed by atoms with E-state index in [9.17, 15) is 4.79 Å². The van der Waals surface area contributed by atoms with Crippen LogP contribution in [-0.4, -0.2) is 25.0 Å². The number of rotatable bonds is 3. The van der Waals surface area contributed by atoms with Gasteiger partial charge in [-0.25, -0.2) is 0 Å². The second-order valence-corrected chi connectivity index (χ2v) is 5.74. The van der Waals surface area contributed by atoms with Crippen LogP contribution in [0.4, 0.5) is 0 Å². The van der Waals surface area contributed by atoms with Gasteiger partial charge in [-0.05, 0) is 45.1 Å². The van der Waals surface area contributed by atoms with Crippen LogP contribution >= 0.6 is 0 Å². The van der Waals surface area contributed by atoms with Gasteiger partial charge in [0.05, 0.1) is 5.92 Å². The molecule has 1 unspecified atom stereocenters. The van der Waals surface area contributed by atoms with E-state index in [0.29, 0.717) is 12.0 Å². The average Bonchev–Trinajstić information content (AvgIpc) is 2.40. The SMILES string of the molecule is CC(NC(=O)[C@@H]1CCCNC1)C1CCCCC1. The highest BCUT2D eigenvalue weighted by Crippen LogP contribution is 2.26. The van der Waals surface area contributed by atoms with Crippen LogP contribution in [0.3, 0.4) is 0 Å². The Bertz CT molecular complexity index is 243. The van der Waals surface area contributed by atoms with Gasteiger partial charge in [0, 0.05) is 12.6 Å². The third kappa shape index (κ3) is 3.70. The summed E-state index contributed by atoms with van der Waals surface area (Å²) >= 11 is 0. The molecule has 0 bridgehead atoms. The summed E-state index contributed by atoms with van der Waals surface area (Å²) < 4.78 is 0. The van der Waals surface area contributed by atoms with Crippen LogP contribution in [0.15, 0.2) is 0 Å². The second kappa shape index (κ2) is 6.39. The van der Waals surface area contributed by atoms with Crippen molar-refractivity contribution in [3.63, 3.8) is 0 Å². The van der Waals surface area contributed by atoms with E-state index in [1.165, 1.54) is 32.1 Å². The summed E-state index contributed by atoms with van der Waals surface area (Å²) in [6, 6.07) is 0.365. The van der Waals surface area contributed by atoms with E-state index in [4.69, 9.17) is 0 Å². The second-order valence-electron chi connectivity index (χ2n) is 5.74. The van der Waals surface area contributed by atoms with Crippen LogP contribution in [0.5, 0.6) is 0 Å². The quantitative estimate of drug-likeness (QED) is 0.790. The number of carbonyl (C=O) groups is 1. The molecule has 0 aromatic rings. The molecule has 3 nitrogen and oxygen atoms in total. The number of amides is 1. The zero-order chi connectivity index (χ0) is 12.1. The van der Waals surface area contributed by atoms with E-state index >= 15 is 0 Å². The Morgan fingerprint density at radius 3 is 2.59 bits per heavy atom. The van der Waals surface area contributed by atoms with Crippen LogP contribution in [0.1, 0.15) is 51.9 Å². The van der Waals surface area contributed by atoms with Gasteiger partial charge < -0.3 is 10.6 Å². The lowest BCUT2D eigenvalue weighted by molar-refractivity contribution is -0.126. The first-order chi connectivity index (χ1) is 8.27. The van der Waals surface area contributed by atoms with E-state index in [1.54, 1.807) is 0 Å². The van der Waals surface area contributed by atoms with Crippen molar-refractivity contribution in [2.75, 3.05) is 13.1 Å². The summed E-state index contributed by atoms with van der Waals surface area (Å²) in [4.78, 5) is 12.1. The number of hydrogen-bond donors (Lipinski definition) is 2. The lowest BCUT2D eigenvalue weighted by atomic mass is 9.84. The fourth-order valence-corrected chi connectivity index (χ4v) is 3.17. The Balaban J connectivity index is 1.76. The van der Waals surface area contributed by atoms with Gasteiger partial charge in [0.15, 0.2) is 0 Å². The van der Waals surface area contributed by atoms with Gasteiger partial charge in [-0.2, -0.15) is 0 Å². The van der Waals surface area contributed by atoms with Crippen molar-refractivity contribution in [3.8, 4) is 0 Å². The maximum Gasteiger partial charge on any atom is 0.224 e. The topological polar surface area (TPSA) is 41.1 Å². The smallest absolute Gasteiger partial charge is 0.224 e. The number of carbonyl (C=O) groups excluding carboxylic acids is 1. The van der Waals surface area contributed by atoms with Crippen LogP contribution < -0.4 is 10.6 Å². The van der Waals surface area contributed by atoms with Gasteiger partial charge in [-0.3, -0.25) is 4.79 Å². The van der Waals surface area contributed by atoms with Gasteiger partial charge in [-0.1, -0.05) is 19.3 Å². The van der Waals surface area contributed by atoms with Gasteiger partial charge in [0.25, 0.3) is 0 Å². The summed E-state index contributed by atoms with van der Waals surface area (Å²) in [5.74, 6) is 1.19. The molecule has 1 saturated carbocycles. The number of piperidine rings is 1. The molecule has 0 aromatic heterocycles. The molecule has 3 heteroatoms. The molecule has 1 aliphatic carbocycles. The molecule has 0 radical (unpaired) electrons. The van der Waals surface area contributed by atoms with Crippen molar-refractivity contribution in [3.05, 3.63) is 0 Å². The molecule has 2 atom stereocenters. The van der Waals surface area contributed by atoms with Crippen LogP contribution in [0.2, 0.25) is 0 Å². The van der Waals surface area contributed by atoms with E-state index in [1.807, 2.05) is 0 Å². The van der Waals surface area contributed by atoms with Crippen molar-refractivity contribution in [2.24, 2.45) is 11.8 Å². The highest BCUT2D eigenvalue weighted by atomic mass is 16.2. The largest absolute Gasteiger partial charge is 0.353 e. The normalized spacial score (nSPS) is 28.6. The molecule has 1 amide bonds. The van der Waals surface area contributed by atoms with Gasteiger partial charge >= 0.3 is 0 Å². The Kier molecular flexibility index (Phi) is 4.84. The van der Waals surface area contributed by atoms with E-state index in [0.717, 1.165) is 25.9 Å². The van der Waals surface area contributed by atoms with Crippen molar-refractivity contribution >= 4 is 5.91 Å². The molecule has 0 spiro atoms. The average molecular weight is 238 g/mol. The third-order valence-electron chi connectivity index (χ3n) is 4.39. The Labute approximate surface area is 105 Å². The van der Waals surface area contributed by atoms with E-state index in [2.05, 4.69) is 17.6 Å². The van der Waals surface area contributed by atoms with Gasteiger partial charge in [-0.15, -0.1) is 0 Å². The molecule has 1 aliphatic heterocycles. The van der Waals surface area contributed by atoms with E-state index < -0.39 is 0 Å². The molecular formula is C14H26N2O. The predicted molar refractivity (Wildman–Crippen MR) is 69.8 cm³/mol. The fourth-order valence-electron chi connectivity index (χ4n) is 3.17. The molecule has 0 aromatic carbocycles. The third-order valence-corrected chi connectivity index (χ3v) is 4.39. The van der Waals surface area contributed by atoms with Crippen molar-refractivity contribution in [2.45, 2.75) is 57.9 Å². The molecular weight excluding hydrogens is 212 g/mol. The summed E-state index contributed by atoms with van der Waals surface area (Å²) in [5.41, 5.74) is 0. The minimum Gasteiger partial charge on any atom is -0.353 e. The maximum atomic E-state index is 12.1. The first-order valence-corrected chi connectivity index (χ1v) is 7.28. The molecule has 2 fully saturated rings. The zero-order valence-electron chi connectivity index (χ0n) is 11.0. The van der Waals surface area contributed by atoms with Crippen molar-refractivity contribution in [1.29, 1.82) is 0 Å². The molecule has 98 valence electrons. The summed E-state index contributed by atoms with van der Waals surface area (Å²) in [5, 5.41) is 6.55. The summed E-state index contributed by atoms with van der Waals surface area (Å²) in [6.45, 7) is 4.12. The van der Waals surface area contributed by atoms with Gasteiger partial charge in [0.1, 0.15) is 0 Å². The molecule has 2 aliphatic rings. The van der Waals surface area contributed by atoms with Crippen LogP contribution in [0, 0.1) is 11.8 Å². The minimum atomic E-state index is 0.204. The van der Waals surface area contributed by atoms with Crippen molar-refractivity contribution in [1.82, 2.24) is 10.6 Å². The number of nitrogens with one attached hydrogen (secondary N) is 2. The first kappa shape index (κ1) is 12.9. The fraction of sp³-hybridized carbons (Fsp3) is 0.929. The molecule has 1 heterocycles. The van der Waals surface area contributed by atoms with Crippen molar-refractivity contribution < 1.29 is 4.79 Å². The minimum absolute atomic E-state index is 0.204. The molecule has 17 heavy (non-hydrogen) atoms. The molecule has 2 N–H and O–H groups in total. The maximum absolute atomic E-state index is 12.1. The zero-order valence-corrected chi connectivity index (χ0v) is 11.0. The van der Waals surface area contributed by atoms with Crippen LogP contribution in [0.25, 0.3) is 0 Å². The highest BCUT2D eigenvalue weighted by molar-refractivity contribution is 5.79. The lowest BCUT2D eigenvalue weighted by Crippen LogP contribution is -2.46. The first-order valence-electron chi connectivity index (χ1n) is 7.28. The lowest BCUT2D eigenvalue weighted by Gasteiger charge is -2.30. The highest BCUT2D eigenvalue weighted by Gasteiger charge is 2.25. The Morgan fingerprint density at radius 2 is 1.94 bits per heavy atom. The van der Waals surface area contributed by atoms with Gasteiger partial charge in [0.2, 0.25) is 5.91 Å². The van der Waals surface area contributed by atoms with E-state index in [-0.39, 0.29) is 11.8 Å². The predicted octanol–water partition coefficient (Wildman–Crippen LogP) is 2.07. The number of hydrogen-bond acceptors (Lipinski definition) is 2. The molecule has 1 saturated heterocycles. The standard InChI is InChI=1S/C14H26N2O/c1-11(12-6-3-2-4-7-12)16-14(17)13-8-5-9-15-10-13/h11-13,15H,2-10H2,1H3,(H,16,17)/t11?,13-/m1/s1. The summed E-state index contributed by atoms with van der Waals surface area (Å²) in [6.07, 6.45) is 8.84. The summed E-state index contributed by atoms with van der Waals surface area (Å²) in [7, 11) is 0. The molecule has 2 rings (SSSR count). The monoisotopic (exact) mass is 238 g/mol. The van der Waals surface area contributed by atoms with Crippen LogP contribution in [-0.2, 0) is 4.79 Å². The Hall–Kier alpha value is -0.570. The Morgan fingerprint density at radius 1 is 1.18 bits per heavy atom.